The lowest BCUT2D eigenvalue weighted by Gasteiger charge is -2.06. The van der Waals surface area contributed by atoms with Gasteiger partial charge in [-0.15, -0.1) is 0 Å². The minimum atomic E-state index is -0.316. The van der Waals surface area contributed by atoms with Crippen LogP contribution in [0.2, 0.25) is 0 Å². The minimum absolute atomic E-state index is 0.316. The van der Waals surface area contributed by atoms with E-state index in [4.69, 9.17) is 4.74 Å². The van der Waals surface area contributed by atoms with Crippen molar-refractivity contribution >= 4 is 5.97 Å². The van der Waals surface area contributed by atoms with Gasteiger partial charge in [0.1, 0.15) is 0 Å². The second-order valence-electron chi connectivity index (χ2n) is 4.08. The molecule has 0 unspecified atom stereocenters. The summed E-state index contributed by atoms with van der Waals surface area (Å²) in [5.41, 5.74) is 4.18. The quantitative estimate of drug-likeness (QED) is 0.573. The van der Waals surface area contributed by atoms with Crippen molar-refractivity contribution in [1.29, 1.82) is 0 Å². The van der Waals surface area contributed by atoms with Crippen molar-refractivity contribution in [3.8, 4) is 0 Å². The molecule has 0 saturated carbocycles. The smallest absolute Gasteiger partial charge is 0.333 e. The Labute approximate surface area is 96.9 Å². The van der Waals surface area contributed by atoms with E-state index in [1.165, 1.54) is 16.7 Å². The molecule has 0 fully saturated rings. The highest BCUT2D eigenvalue weighted by Crippen LogP contribution is 2.10. The van der Waals surface area contributed by atoms with Gasteiger partial charge in [-0.3, -0.25) is 0 Å². The van der Waals surface area contributed by atoms with Gasteiger partial charge in [-0.05, 0) is 37.5 Å². The van der Waals surface area contributed by atoms with E-state index in [2.05, 4.69) is 38.6 Å². The van der Waals surface area contributed by atoms with E-state index in [1.54, 1.807) is 6.92 Å². The lowest BCUT2D eigenvalue weighted by Crippen LogP contribution is -2.08. The number of carbonyl (C=O) groups is 1. The van der Waals surface area contributed by atoms with Crippen LogP contribution in [0.5, 0.6) is 0 Å². The summed E-state index contributed by atoms with van der Waals surface area (Å²) in [6.45, 7) is 9.76. The van der Waals surface area contributed by atoms with E-state index >= 15 is 0 Å². The van der Waals surface area contributed by atoms with Crippen LogP contribution in [0.3, 0.4) is 0 Å². The predicted octanol–water partition coefficient (Wildman–Crippen LogP) is 2.97. The van der Waals surface area contributed by atoms with Crippen LogP contribution in [0, 0.1) is 13.8 Å². The zero-order chi connectivity index (χ0) is 12.1. The van der Waals surface area contributed by atoms with Crippen molar-refractivity contribution in [2.24, 2.45) is 0 Å². The van der Waals surface area contributed by atoms with E-state index in [0.717, 1.165) is 6.42 Å². The van der Waals surface area contributed by atoms with Crippen LogP contribution in [-0.2, 0) is 16.0 Å². The van der Waals surface area contributed by atoms with Crippen molar-refractivity contribution in [3.05, 3.63) is 47.0 Å². The standard InChI is InChI=1S/C14H18O2/c1-10(2)14(15)16-8-7-13-6-5-11(3)12(4)9-13/h5-6,9H,1,7-8H2,2-4H3. The van der Waals surface area contributed by atoms with Crippen LogP contribution in [-0.4, -0.2) is 12.6 Å². The zero-order valence-corrected chi connectivity index (χ0v) is 10.2. The van der Waals surface area contributed by atoms with Crippen molar-refractivity contribution in [3.63, 3.8) is 0 Å². The van der Waals surface area contributed by atoms with Crippen LogP contribution >= 0.6 is 0 Å². The monoisotopic (exact) mass is 218 g/mol. The van der Waals surface area contributed by atoms with E-state index < -0.39 is 0 Å². The molecule has 1 aromatic carbocycles. The van der Waals surface area contributed by atoms with Gasteiger partial charge in [0.2, 0.25) is 0 Å². The molecule has 0 radical (unpaired) electrons. The largest absolute Gasteiger partial charge is 0.462 e. The van der Waals surface area contributed by atoms with Gasteiger partial charge in [-0.1, -0.05) is 24.8 Å². The van der Waals surface area contributed by atoms with Crippen molar-refractivity contribution in [1.82, 2.24) is 0 Å². The SMILES string of the molecule is C=C(C)C(=O)OCCc1ccc(C)c(C)c1. The summed E-state index contributed by atoms with van der Waals surface area (Å²) in [5, 5.41) is 0. The molecule has 0 atom stereocenters. The molecule has 0 aromatic heterocycles. The van der Waals surface area contributed by atoms with Crippen LogP contribution in [0.25, 0.3) is 0 Å². The number of hydrogen-bond donors (Lipinski definition) is 0. The van der Waals surface area contributed by atoms with Crippen LogP contribution in [0.1, 0.15) is 23.6 Å². The van der Waals surface area contributed by atoms with Gasteiger partial charge in [-0.25, -0.2) is 4.79 Å². The summed E-state index contributed by atoms with van der Waals surface area (Å²) in [6.07, 6.45) is 0.750. The van der Waals surface area contributed by atoms with Crippen molar-refractivity contribution in [2.45, 2.75) is 27.2 Å². The first-order chi connectivity index (χ1) is 7.50. The van der Waals surface area contributed by atoms with Gasteiger partial charge >= 0.3 is 5.97 Å². The number of esters is 1. The molecular formula is C14H18O2. The van der Waals surface area contributed by atoms with Gasteiger partial charge < -0.3 is 4.74 Å². The molecule has 1 rings (SSSR count). The Hall–Kier alpha value is -1.57. The van der Waals surface area contributed by atoms with E-state index in [-0.39, 0.29) is 5.97 Å². The first kappa shape index (κ1) is 12.5. The maximum Gasteiger partial charge on any atom is 0.333 e. The fraction of sp³-hybridized carbons (Fsp3) is 0.357. The number of carbonyl (C=O) groups excluding carboxylic acids is 1. The minimum Gasteiger partial charge on any atom is -0.462 e. The maximum absolute atomic E-state index is 11.1. The Morgan fingerprint density at radius 3 is 2.56 bits per heavy atom. The number of aryl methyl sites for hydroxylation is 2. The highest BCUT2D eigenvalue weighted by atomic mass is 16.5. The van der Waals surface area contributed by atoms with Crippen molar-refractivity contribution in [2.75, 3.05) is 6.61 Å². The molecule has 16 heavy (non-hydrogen) atoms. The van der Waals surface area contributed by atoms with E-state index in [0.29, 0.717) is 12.2 Å². The van der Waals surface area contributed by atoms with Gasteiger partial charge in [0.15, 0.2) is 0 Å². The van der Waals surface area contributed by atoms with Crippen molar-refractivity contribution < 1.29 is 9.53 Å². The molecule has 0 saturated heterocycles. The molecular weight excluding hydrogens is 200 g/mol. The molecule has 0 bridgehead atoms. The normalized spacial score (nSPS) is 9.94. The Morgan fingerprint density at radius 1 is 1.31 bits per heavy atom. The second-order valence-corrected chi connectivity index (χ2v) is 4.08. The summed E-state index contributed by atoms with van der Waals surface area (Å²) in [5.74, 6) is -0.316. The zero-order valence-electron chi connectivity index (χ0n) is 10.2. The third-order valence-electron chi connectivity index (χ3n) is 2.54. The lowest BCUT2D eigenvalue weighted by molar-refractivity contribution is -0.138. The van der Waals surface area contributed by atoms with E-state index in [9.17, 15) is 4.79 Å². The van der Waals surface area contributed by atoms with Gasteiger partial charge in [0.25, 0.3) is 0 Å². The molecule has 0 N–H and O–H groups in total. The number of hydrogen-bond acceptors (Lipinski definition) is 2. The molecule has 0 amide bonds. The second kappa shape index (κ2) is 5.50. The highest BCUT2D eigenvalue weighted by Gasteiger charge is 2.03. The molecule has 86 valence electrons. The average Bonchev–Trinajstić information content (AvgIpc) is 2.23. The first-order valence-corrected chi connectivity index (χ1v) is 5.39. The van der Waals surface area contributed by atoms with Crippen LogP contribution < -0.4 is 0 Å². The maximum atomic E-state index is 11.1. The molecule has 0 heterocycles. The summed E-state index contributed by atoms with van der Waals surface area (Å²) in [4.78, 5) is 11.1. The topological polar surface area (TPSA) is 26.3 Å². The number of benzene rings is 1. The molecule has 2 heteroatoms. The molecule has 0 spiro atoms. The number of ether oxygens (including phenoxy) is 1. The summed E-state index contributed by atoms with van der Waals surface area (Å²) < 4.78 is 5.04. The average molecular weight is 218 g/mol. The molecule has 2 nitrogen and oxygen atoms in total. The van der Waals surface area contributed by atoms with Crippen LogP contribution in [0.4, 0.5) is 0 Å². The Morgan fingerprint density at radius 2 is 2.00 bits per heavy atom. The Kier molecular flexibility index (Phi) is 4.29. The van der Waals surface area contributed by atoms with Gasteiger partial charge in [0, 0.05) is 12.0 Å². The predicted molar refractivity (Wildman–Crippen MR) is 65.4 cm³/mol. The van der Waals surface area contributed by atoms with Crippen LogP contribution in [0.15, 0.2) is 30.4 Å². The molecule has 1 aromatic rings. The van der Waals surface area contributed by atoms with E-state index in [1.807, 2.05) is 0 Å². The summed E-state index contributed by atoms with van der Waals surface area (Å²) >= 11 is 0. The molecule has 0 aliphatic carbocycles. The highest BCUT2D eigenvalue weighted by molar-refractivity contribution is 5.86. The fourth-order valence-corrected chi connectivity index (χ4v) is 1.34. The van der Waals surface area contributed by atoms with Gasteiger partial charge in [0.05, 0.1) is 6.61 Å². The first-order valence-electron chi connectivity index (χ1n) is 5.39. The summed E-state index contributed by atoms with van der Waals surface area (Å²) in [6, 6.07) is 6.28. The molecule has 0 aliphatic heterocycles. The Bertz CT molecular complexity index is 405. The third-order valence-corrected chi connectivity index (χ3v) is 2.54. The lowest BCUT2D eigenvalue weighted by atomic mass is 10.0. The summed E-state index contributed by atoms with van der Waals surface area (Å²) in [7, 11) is 0. The Balaban J connectivity index is 2.46. The fourth-order valence-electron chi connectivity index (χ4n) is 1.34. The van der Waals surface area contributed by atoms with Gasteiger partial charge in [-0.2, -0.15) is 0 Å². The third kappa shape index (κ3) is 3.54. The molecule has 0 aliphatic rings. The number of rotatable bonds is 4.